The summed E-state index contributed by atoms with van der Waals surface area (Å²) in [5, 5.41) is 14.6. The molecule has 1 fully saturated rings. The molecule has 0 radical (unpaired) electrons. The van der Waals surface area contributed by atoms with E-state index in [0.717, 1.165) is 30.0 Å². The summed E-state index contributed by atoms with van der Waals surface area (Å²) in [4.78, 5) is 11.8. The van der Waals surface area contributed by atoms with Gasteiger partial charge in [-0.25, -0.2) is 9.18 Å². The van der Waals surface area contributed by atoms with E-state index in [9.17, 15) is 9.18 Å². The van der Waals surface area contributed by atoms with Crippen molar-refractivity contribution in [2.24, 2.45) is 0 Å². The number of hydrogen-bond donors (Lipinski definition) is 2. The van der Waals surface area contributed by atoms with Crippen LogP contribution in [0.15, 0.2) is 24.3 Å². The Hall–Kier alpha value is -2.06. The van der Waals surface area contributed by atoms with Crippen molar-refractivity contribution in [2.75, 3.05) is 18.5 Å². The average molecular weight is 336 g/mol. The molecule has 2 heterocycles. The van der Waals surface area contributed by atoms with E-state index in [2.05, 4.69) is 20.8 Å². The Morgan fingerprint density at radius 1 is 1.35 bits per heavy atom. The van der Waals surface area contributed by atoms with Crippen molar-refractivity contribution < 1.29 is 13.9 Å². The molecule has 1 aliphatic heterocycles. The van der Waals surface area contributed by atoms with Crippen LogP contribution in [0.2, 0.25) is 0 Å². The minimum Gasteiger partial charge on any atom is -0.376 e. The SMILES string of the molecule is O=C(NC[C@@H]1CCCO1)Nc1nnc(Cc2ccc(F)cc2)s1. The lowest BCUT2D eigenvalue weighted by molar-refractivity contribution is 0.112. The summed E-state index contributed by atoms with van der Waals surface area (Å²) in [5.41, 5.74) is 0.942. The summed E-state index contributed by atoms with van der Waals surface area (Å²) < 4.78 is 18.3. The van der Waals surface area contributed by atoms with Crippen LogP contribution >= 0.6 is 11.3 Å². The quantitative estimate of drug-likeness (QED) is 0.880. The largest absolute Gasteiger partial charge is 0.376 e. The van der Waals surface area contributed by atoms with Gasteiger partial charge in [-0.15, -0.1) is 10.2 Å². The topological polar surface area (TPSA) is 76.1 Å². The number of carbonyl (C=O) groups is 1. The fraction of sp³-hybridized carbons (Fsp3) is 0.400. The van der Waals surface area contributed by atoms with Gasteiger partial charge < -0.3 is 10.1 Å². The normalized spacial score (nSPS) is 17.2. The zero-order chi connectivity index (χ0) is 16.1. The predicted molar refractivity (Wildman–Crippen MR) is 85.1 cm³/mol. The molecule has 0 spiro atoms. The lowest BCUT2D eigenvalue weighted by atomic mass is 10.2. The number of nitrogens with zero attached hydrogens (tertiary/aromatic N) is 2. The Morgan fingerprint density at radius 3 is 2.91 bits per heavy atom. The highest BCUT2D eigenvalue weighted by Gasteiger charge is 2.16. The molecule has 0 unspecified atom stereocenters. The molecule has 8 heteroatoms. The zero-order valence-electron chi connectivity index (χ0n) is 12.4. The van der Waals surface area contributed by atoms with E-state index in [4.69, 9.17) is 4.74 Å². The highest BCUT2D eigenvalue weighted by atomic mass is 32.1. The second-order valence-corrected chi connectivity index (χ2v) is 6.34. The maximum atomic E-state index is 12.9. The van der Waals surface area contributed by atoms with Crippen LogP contribution in [-0.4, -0.2) is 35.5 Å². The van der Waals surface area contributed by atoms with Gasteiger partial charge in [0.2, 0.25) is 5.13 Å². The number of hydrogen-bond acceptors (Lipinski definition) is 5. The Bertz CT molecular complexity index is 656. The van der Waals surface area contributed by atoms with Crippen LogP contribution in [0.1, 0.15) is 23.4 Å². The van der Waals surface area contributed by atoms with Gasteiger partial charge in [0, 0.05) is 19.6 Å². The lowest BCUT2D eigenvalue weighted by Gasteiger charge is -2.10. The predicted octanol–water partition coefficient (Wildman–Crippen LogP) is 2.57. The van der Waals surface area contributed by atoms with Gasteiger partial charge >= 0.3 is 6.03 Å². The number of aromatic nitrogens is 2. The number of rotatable bonds is 5. The number of benzene rings is 1. The first-order chi connectivity index (χ1) is 11.2. The maximum absolute atomic E-state index is 12.9. The Morgan fingerprint density at radius 2 is 2.17 bits per heavy atom. The number of nitrogens with one attached hydrogen (secondary N) is 2. The summed E-state index contributed by atoms with van der Waals surface area (Å²) in [5.74, 6) is -0.267. The van der Waals surface area contributed by atoms with Gasteiger partial charge in [-0.1, -0.05) is 23.5 Å². The van der Waals surface area contributed by atoms with Crippen molar-refractivity contribution in [1.29, 1.82) is 0 Å². The van der Waals surface area contributed by atoms with E-state index >= 15 is 0 Å². The number of anilines is 1. The first-order valence-corrected chi connectivity index (χ1v) is 8.24. The lowest BCUT2D eigenvalue weighted by Crippen LogP contribution is -2.34. The van der Waals surface area contributed by atoms with Gasteiger partial charge in [0.15, 0.2) is 0 Å². The van der Waals surface area contributed by atoms with Crippen molar-refractivity contribution in [2.45, 2.75) is 25.4 Å². The summed E-state index contributed by atoms with van der Waals surface area (Å²) in [6, 6.07) is 5.92. The summed E-state index contributed by atoms with van der Waals surface area (Å²) in [6.45, 7) is 1.25. The van der Waals surface area contributed by atoms with Crippen molar-refractivity contribution >= 4 is 22.5 Å². The molecule has 0 bridgehead atoms. The first-order valence-electron chi connectivity index (χ1n) is 7.42. The fourth-order valence-electron chi connectivity index (χ4n) is 2.31. The van der Waals surface area contributed by atoms with Gasteiger partial charge in [-0.3, -0.25) is 5.32 Å². The van der Waals surface area contributed by atoms with E-state index in [1.165, 1.54) is 23.5 Å². The highest BCUT2D eigenvalue weighted by molar-refractivity contribution is 7.15. The van der Waals surface area contributed by atoms with E-state index in [-0.39, 0.29) is 18.0 Å². The second-order valence-electron chi connectivity index (χ2n) is 5.27. The van der Waals surface area contributed by atoms with Crippen molar-refractivity contribution in [3.8, 4) is 0 Å². The molecule has 122 valence electrons. The second kappa shape index (κ2) is 7.47. The van der Waals surface area contributed by atoms with Gasteiger partial charge in [-0.05, 0) is 30.5 Å². The highest BCUT2D eigenvalue weighted by Crippen LogP contribution is 2.18. The number of amides is 2. The third kappa shape index (κ3) is 4.70. The van der Waals surface area contributed by atoms with E-state index < -0.39 is 0 Å². The molecule has 2 aromatic rings. The van der Waals surface area contributed by atoms with Gasteiger partial charge in [0.25, 0.3) is 0 Å². The molecule has 1 aliphatic rings. The average Bonchev–Trinajstić information content (AvgIpc) is 3.20. The number of carbonyl (C=O) groups excluding carboxylic acids is 1. The molecule has 23 heavy (non-hydrogen) atoms. The van der Waals surface area contributed by atoms with Crippen LogP contribution < -0.4 is 10.6 Å². The molecule has 1 saturated heterocycles. The standard InChI is InChI=1S/C15H17FN4O2S/c16-11-5-3-10(4-6-11)8-13-19-20-15(23-13)18-14(21)17-9-12-2-1-7-22-12/h3-6,12H,1-2,7-9H2,(H2,17,18,20,21)/t12-/m0/s1. The van der Waals surface area contributed by atoms with Crippen LogP contribution in [0, 0.1) is 5.82 Å². The molecule has 6 nitrogen and oxygen atoms in total. The molecule has 3 rings (SSSR count). The summed E-state index contributed by atoms with van der Waals surface area (Å²) in [7, 11) is 0. The van der Waals surface area contributed by atoms with E-state index in [0.29, 0.717) is 18.1 Å². The van der Waals surface area contributed by atoms with Crippen LogP contribution in [0.25, 0.3) is 0 Å². The van der Waals surface area contributed by atoms with E-state index in [1.54, 1.807) is 12.1 Å². The van der Waals surface area contributed by atoms with Gasteiger partial charge in [-0.2, -0.15) is 0 Å². The van der Waals surface area contributed by atoms with Crippen LogP contribution in [0.3, 0.4) is 0 Å². The fourth-order valence-corrected chi connectivity index (χ4v) is 3.07. The number of halogens is 1. The number of ether oxygens (including phenoxy) is 1. The summed E-state index contributed by atoms with van der Waals surface area (Å²) in [6.07, 6.45) is 2.67. The molecule has 2 amide bonds. The van der Waals surface area contributed by atoms with Gasteiger partial charge in [0.1, 0.15) is 10.8 Å². The van der Waals surface area contributed by atoms with Crippen LogP contribution in [0.5, 0.6) is 0 Å². The van der Waals surface area contributed by atoms with Gasteiger partial charge in [0.05, 0.1) is 6.10 Å². The number of urea groups is 1. The monoisotopic (exact) mass is 336 g/mol. The minimum atomic E-state index is -0.315. The third-order valence-corrected chi connectivity index (χ3v) is 4.31. The molecule has 1 atom stereocenters. The Labute approximate surface area is 137 Å². The zero-order valence-corrected chi connectivity index (χ0v) is 13.2. The molecule has 2 N–H and O–H groups in total. The smallest absolute Gasteiger partial charge is 0.321 e. The third-order valence-electron chi connectivity index (χ3n) is 3.47. The van der Waals surface area contributed by atoms with Crippen molar-refractivity contribution in [3.05, 3.63) is 40.7 Å². The van der Waals surface area contributed by atoms with E-state index in [1.807, 2.05) is 0 Å². The Balaban J connectivity index is 1.48. The molecule has 0 aliphatic carbocycles. The van der Waals surface area contributed by atoms with Crippen LogP contribution in [0.4, 0.5) is 14.3 Å². The summed E-state index contributed by atoms with van der Waals surface area (Å²) >= 11 is 1.30. The molecule has 0 saturated carbocycles. The van der Waals surface area contributed by atoms with Crippen molar-refractivity contribution in [1.82, 2.24) is 15.5 Å². The first kappa shape index (κ1) is 15.8. The molecular weight excluding hydrogens is 319 g/mol. The molecular formula is C15H17FN4O2S. The van der Waals surface area contributed by atoms with Crippen LogP contribution in [-0.2, 0) is 11.2 Å². The minimum absolute atomic E-state index is 0.101. The molecule has 1 aromatic heterocycles. The van der Waals surface area contributed by atoms with Crippen molar-refractivity contribution in [3.63, 3.8) is 0 Å². The maximum Gasteiger partial charge on any atom is 0.321 e. The Kier molecular flexibility index (Phi) is 5.14. The molecule has 1 aromatic carbocycles.